The quantitative estimate of drug-likeness (QED) is 0.600. The molecule has 0 amide bonds. The molecule has 6 nitrogen and oxygen atoms in total. The van der Waals surface area contributed by atoms with E-state index in [1.807, 2.05) is 0 Å². The van der Waals surface area contributed by atoms with Gasteiger partial charge < -0.3 is 18.9 Å². The van der Waals surface area contributed by atoms with Gasteiger partial charge in [-0.3, -0.25) is 4.79 Å². The number of carbonyl (C=O) groups is 2. The molecule has 1 aliphatic heterocycles. The summed E-state index contributed by atoms with van der Waals surface area (Å²) < 4.78 is 49.7. The van der Waals surface area contributed by atoms with Crippen molar-refractivity contribution in [3.05, 3.63) is 0 Å². The maximum absolute atomic E-state index is 13.3. The number of esters is 2. The minimum atomic E-state index is -3.50. The minimum Gasteiger partial charge on any atom is -0.462 e. The molecule has 1 spiro atoms. The number of halogens is 2. The molecular formula is C23H32F2O6. The monoisotopic (exact) mass is 442 g/mol. The van der Waals surface area contributed by atoms with Gasteiger partial charge in [-0.05, 0) is 62.7 Å². The molecule has 31 heavy (non-hydrogen) atoms. The van der Waals surface area contributed by atoms with E-state index in [2.05, 4.69) is 0 Å². The van der Waals surface area contributed by atoms with Gasteiger partial charge in [0.1, 0.15) is 18.8 Å². The summed E-state index contributed by atoms with van der Waals surface area (Å²) in [6.45, 7) is 1.19. The summed E-state index contributed by atoms with van der Waals surface area (Å²) in [5.41, 5.74) is -0.587. The van der Waals surface area contributed by atoms with Gasteiger partial charge >= 0.3 is 17.9 Å². The van der Waals surface area contributed by atoms with Crippen LogP contribution in [0, 0.1) is 23.2 Å². The molecule has 5 saturated carbocycles. The normalized spacial score (nSPS) is 40.8. The Morgan fingerprint density at radius 2 is 1.74 bits per heavy atom. The first-order valence-electron chi connectivity index (χ1n) is 11.8. The van der Waals surface area contributed by atoms with Gasteiger partial charge in [0.25, 0.3) is 0 Å². The van der Waals surface area contributed by atoms with Gasteiger partial charge in [0.15, 0.2) is 5.79 Å². The van der Waals surface area contributed by atoms with E-state index >= 15 is 0 Å². The first-order valence-corrected chi connectivity index (χ1v) is 11.8. The van der Waals surface area contributed by atoms with Crippen molar-refractivity contribution in [2.24, 2.45) is 23.2 Å². The minimum absolute atomic E-state index is 0.0540. The molecule has 5 aliphatic carbocycles. The Morgan fingerprint density at radius 1 is 1.06 bits per heavy atom. The fourth-order valence-electron chi connectivity index (χ4n) is 7.02. The van der Waals surface area contributed by atoms with Crippen LogP contribution in [0.5, 0.6) is 0 Å². The lowest BCUT2D eigenvalue weighted by atomic mass is 9.48. The molecule has 3 unspecified atom stereocenters. The largest absolute Gasteiger partial charge is 0.462 e. The van der Waals surface area contributed by atoms with Crippen LogP contribution < -0.4 is 0 Å². The maximum Gasteiger partial charge on any atom is 0.376 e. The highest BCUT2D eigenvalue weighted by Crippen LogP contribution is 2.61. The van der Waals surface area contributed by atoms with Crippen LogP contribution in [0.25, 0.3) is 0 Å². The lowest BCUT2D eigenvalue weighted by Crippen LogP contribution is -2.58. The summed E-state index contributed by atoms with van der Waals surface area (Å²) in [5, 5.41) is 0. The number of hydrogen-bond acceptors (Lipinski definition) is 6. The third-order valence-electron chi connectivity index (χ3n) is 8.15. The van der Waals surface area contributed by atoms with Crippen molar-refractivity contribution in [3.8, 4) is 0 Å². The van der Waals surface area contributed by atoms with Crippen LogP contribution in [-0.4, -0.2) is 49.1 Å². The topological polar surface area (TPSA) is 71.1 Å². The van der Waals surface area contributed by atoms with Crippen molar-refractivity contribution < 1.29 is 37.3 Å². The Kier molecular flexibility index (Phi) is 5.32. The van der Waals surface area contributed by atoms with E-state index in [1.165, 1.54) is 6.42 Å². The van der Waals surface area contributed by atoms with E-state index in [9.17, 15) is 18.4 Å². The molecular weight excluding hydrogens is 410 g/mol. The number of rotatable bonds is 5. The summed E-state index contributed by atoms with van der Waals surface area (Å²) in [5.74, 6) is -5.41. The van der Waals surface area contributed by atoms with E-state index in [0.717, 1.165) is 44.9 Å². The predicted octanol–water partition coefficient (Wildman–Crippen LogP) is 4.00. The first kappa shape index (κ1) is 21.6. The van der Waals surface area contributed by atoms with Crippen LogP contribution in [0.1, 0.15) is 71.1 Å². The first-order chi connectivity index (χ1) is 14.7. The SMILES string of the molecule is CC(F)(F)C(=O)OC1C2CC3CC1CC(C(=O)OCC1COC4(CCCCC4)O1)(C3)C2. The second-order valence-corrected chi connectivity index (χ2v) is 10.6. The molecule has 6 fully saturated rings. The summed E-state index contributed by atoms with van der Waals surface area (Å²) in [7, 11) is 0. The van der Waals surface area contributed by atoms with Crippen LogP contribution in [0.15, 0.2) is 0 Å². The number of carbonyl (C=O) groups excluding carboxylic acids is 2. The summed E-state index contributed by atoms with van der Waals surface area (Å²) in [6, 6.07) is 0. The van der Waals surface area contributed by atoms with Crippen molar-refractivity contribution >= 4 is 11.9 Å². The molecule has 174 valence electrons. The fourth-order valence-corrected chi connectivity index (χ4v) is 7.02. The zero-order valence-corrected chi connectivity index (χ0v) is 18.1. The van der Waals surface area contributed by atoms with Gasteiger partial charge in [-0.25, -0.2) is 4.79 Å². The lowest BCUT2D eigenvalue weighted by Gasteiger charge is -2.57. The molecule has 3 atom stereocenters. The van der Waals surface area contributed by atoms with E-state index in [0.29, 0.717) is 32.3 Å². The van der Waals surface area contributed by atoms with Gasteiger partial charge in [-0.2, -0.15) is 8.78 Å². The second-order valence-electron chi connectivity index (χ2n) is 10.6. The second kappa shape index (κ2) is 7.65. The Labute approximate surface area is 181 Å². The fraction of sp³-hybridized carbons (Fsp3) is 0.913. The van der Waals surface area contributed by atoms with E-state index < -0.39 is 29.2 Å². The third-order valence-corrected chi connectivity index (χ3v) is 8.15. The molecule has 0 aromatic carbocycles. The Hall–Kier alpha value is -1.28. The van der Waals surface area contributed by atoms with E-state index in [4.69, 9.17) is 18.9 Å². The van der Waals surface area contributed by atoms with Crippen LogP contribution >= 0.6 is 0 Å². The zero-order valence-electron chi connectivity index (χ0n) is 18.1. The summed E-state index contributed by atoms with van der Waals surface area (Å²) >= 11 is 0. The van der Waals surface area contributed by atoms with Crippen molar-refractivity contribution in [2.75, 3.05) is 13.2 Å². The number of alkyl halides is 2. The molecule has 0 aromatic heterocycles. The average molecular weight is 442 g/mol. The standard InChI is InChI=1S/C23H32F2O6/c1-21(24,25)19(26)30-18-15-7-14-8-16(18)11-22(9-14,10-15)20(27)28-12-17-13-29-23(31-17)5-3-2-4-6-23/h14-18H,2-13H2,1H3. The molecule has 6 aliphatic rings. The Morgan fingerprint density at radius 3 is 2.39 bits per heavy atom. The third kappa shape index (κ3) is 3.99. The smallest absolute Gasteiger partial charge is 0.376 e. The van der Waals surface area contributed by atoms with Crippen molar-refractivity contribution in [1.29, 1.82) is 0 Å². The van der Waals surface area contributed by atoms with E-state index in [1.54, 1.807) is 0 Å². The molecule has 0 aromatic rings. The van der Waals surface area contributed by atoms with Gasteiger partial charge in [-0.1, -0.05) is 6.42 Å². The van der Waals surface area contributed by atoms with Gasteiger partial charge in [0, 0.05) is 19.8 Å². The van der Waals surface area contributed by atoms with Crippen molar-refractivity contribution in [1.82, 2.24) is 0 Å². The molecule has 1 heterocycles. The molecule has 6 rings (SSSR count). The number of hydrogen-bond donors (Lipinski definition) is 0. The zero-order chi connectivity index (χ0) is 21.9. The van der Waals surface area contributed by atoms with Gasteiger partial charge in [-0.15, -0.1) is 0 Å². The highest BCUT2D eigenvalue weighted by atomic mass is 19.3. The van der Waals surface area contributed by atoms with Crippen molar-refractivity contribution in [3.63, 3.8) is 0 Å². The predicted molar refractivity (Wildman–Crippen MR) is 104 cm³/mol. The average Bonchev–Trinajstić information content (AvgIpc) is 3.10. The highest BCUT2D eigenvalue weighted by molar-refractivity contribution is 5.78. The highest BCUT2D eigenvalue weighted by Gasteiger charge is 2.61. The van der Waals surface area contributed by atoms with Crippen molar-refractivity contribution in [2.45, 2.75) is 95.0 Å². The Balaban J connectivity index is 1.19. The maximum atomic E-state index is 13.3. The lowest BCUT2D eigenvalue weighted by molar-refractivity contribution is -0.211. The van der Waals surface area contributed by atoms with Crippen LogP contribution in [0.2, 0.25) is 0 Å². The van der Waals surface area contributed by atoms with Crippen LogP contribution in [0.4, 0.5) is 8.78 Å². The number of ether oxygens (including phenoxy) is 4. The van der Waals surface area contributed by atoms with Gasteiger partial charge in [0.2, 0.25) is 0 Å². The Bertz CT molecular complexity index is 712. The van der Waals surface area contributed by atoms with E-state index in [-0.39, 0.29) is 30.5 Å². The molecule has 4 bridgehead atoms. The molecule has 8 heteroatoms. The van der Waals surface area contributed by atoms with Crippen LogP contribution in [-0.2, 0) is 28.5 Å². The van der Waals surface area contributed by atoms with Crippen LogP contribution in [0.3, 0.4) is 0 Å². The summed E-state index contributed by atoms with van der Waals surface area (Å²) in [6.07, 6.45) is 7.90. The molecule has 0 radical (unpaired) electrons. The molecule has 1 saturated heterocycles. The summed E-state index contributed by atoms with van der Waals surface area (Å²) in [4.78, 5) is 24.9. The molecule has 0 N–H and O–H groups in total. The van der Waals surface area contributed by atoms with Gasteiger partial charge in [0.05, 0.1) is 12.0 Å².